The van der Waals surface area contributed by atoms with Gasteiger partial charge in [0, 0.05) is 12.3 Å². The first-order chi connectivity index (χ1) is 36.5. The fraction of sp³-hybridized carbons (Fsp3) is 0.159. The molecule has 1 unspecified atom stereocenters. The van der Waals surface area contributed by atoms with E-state index in [-0.39, 0.29) is 18.4 Å². The molecule has 368 valence electrons. The maximum atomic E-state index is 13.0. The lowest BCUT2D eigenvalue weighted by atomic mass is 9.77. The number of imidazole rings is 1. The molecule has 11 rings (SSSR count). The van der Waals surface area contributed by atoms with E-state index in [9.17, 15) is 5.11 Å². The molecule has 0 saturated heterocycles. The fourth-order valence-electron chi connectivity index (χ4n) is 10.5. The van der Waals surface area contributed by atoms with Crippen molar-refractivity contribution >= 4 is 17.1 Å². The highest BCUT2D eigenvalue weighted by molar-refractivity contribution is 5.79. The van der Waals surface area contributed by atoms with Crippen molar-refractivity contribution in [3.05, 3.63) is 270 Å². The van der Waals surface area contributed by atoms with Crippen molar-refractivity contribution in [1.82, 2.24) is 19.5 Å². The average Bonchev–Trinajstić information content (AvgIpc) is 4.03. The van der Waals surface area contributed by atoms with Crippen LogP contribution in [0.4, 0.5) is 5.95 Å². The van der Waals surface area contributed by atoms with Crippen molar-refractivity contribution in [2.75, 3.05) is 26.1 Å². The van der Waals surface area contributed by atoms with E-state index in [2.05, 4.69) is 66.0 Å². The number of aliphatic hydroxyl groups is 1. The summed E-state index contributed by atoms with van der Waals surface area (Å²) in [6, 6.07) is 75.6. The lowest BCUT2D eigenvalue weighted by Gasteiger charge is -2.38. The van der Waals surface area contributed by atoms with E-state index in [1.165, 1.54) is 0 Å². The van der Waals surface area contributed by atoms with Crippen molar-refractivity contribution in [3.63, 3.8) is 0 Å². The second-order valence-electron chi connectivity index (χ2n) is 18.3. The van der Waals surface area contributed by atoms with Gasteiger partial charge in [-0.2, -0.15) is 9.97 Å². The van der Waals surface area contributed by atoms with Crippen LogP contribution >= 0.6 is 0 Å². The van der Waals surface area contributed by atoms with Gasteiger partial charge >= 0.3 is 0 Å². The van der Waals surface area contributed by atoms with Gasteiger partial charge < -0.3 is 38.7 Å². The molecule has 1 saturated carbocycles. The molecule has 8 aromatic carbocycles. The number of anilines is 1. The van der Waals surface area contributed by atoms with Crippen molar-refractivity contribution in [1.29, 1.82) is 0 Å². The van der Waals surface area contributed by atoms with Gasteiger partial charge in [0.1, 0.15) is 40.2 Å². The molecule has 1 aliphatic carbocycles. The van der Waals surface area contributed by atoms with E-state index in [1.54, 1.807) is 20.5 Å². The van der Waals surface area contributed by atoms with E-state index >= 15 is 0 Å². The number of methoxy groups -OCH3 is 2. The van der Waals surface area contributed by atoms with Gasteiger partial charge in [-0.15, -0.1) is 0 Å². The van der Waals surface area contributed by atoms with Crippen LogP contribution in [-0.4, -0.2) is 57.7 Å². The van der Waals surface area contributed by atoms with Crippen LogP contribution in [0.25, 0.3) is 11.2 Å². The zero-order valence-electron chi connectivity index (χ0n) is 41.0. The Balaban J connectivity index is 1.04. The summed E-state index contributed by atoms with van der Waals surface area (Å²) in [5.41, 5.74) is 4.37. The third-order valence-electron chi connectivity index (χ3n) is 14.1. The molecule has 0 amide bonds. The van der Waals surface area contributed by atoms with Gasteiger partial charge in [-0.05, 0) is 81.9 Å². The van der Waals surface area contributed by atoms with Gasteiger partial charge in [0.25, 0.3) is 5.88 Å². The monoisotopic (exact) mass is 977 g/mol. The smallest absolute Gasteiger partial charge is 0.252 e. The number of hydrogen-bond acceptors (Lipinski definition) is 10. The first kappa shape index (κ1) is 47.5. The second-order valence-corrected chi connectivity index (χ2v) is 18.3. The Morgan fingerprint density at radius 3 is 1.49 bits per heavy atom. The number of fused-ring (bicyclic) bond motifs is 1. The third kappa shape index (κ3) is 9.19. The van der Waals surface area contributed by atoms with E-state index in [4.69, 9.17) is 38.6 Å². The molecule has 2 heterocycles. The minimum Gasteiger partial charge on any atom is -0.497 e. The average molecular weight is 978 g/mol. The van der Waals surface area contributed by atoms with Crippen LogP contribution in [0.1, 0.15) is 45.8 Å². The summed E-state index contributed by atoms with van der Waals surface area (Å²) in [6.45, 7) is 0.111. The number of para-hydroxylation sites is 2. The Bertz CT molecular complexity index is 3310. The molecule has 2 N–H and O–H groups in total. The molecular weight excluding hydrogens is 923 g/mol. The highest BCUT2D eigenvalue weighted by Gasteiger charge is 2.48. The van der Waals surface area contributed by atoms with Crippen LogP contribution in [0.5, 0.6) is 28.9 Å². The maximum Gasteiger partial charge on any atom is 0.252 e. The minimum absolute atomic E-state index is 0.111. The number of ether oxygens (including phenoxy) is 5. The standard InChI is InChI=1S/C63H55N5O6/c1-70-50-37-33-46(34-38-50)62(44-21-9-3-10-22-44,45-23-11-4-12-24-45)67-61-65-59-57(60(66-61)74-53-31-19-8-20-32-53)64-43-68(59)55-41-56(73-52-29-17-7-18-30-52)54(58(55)69)42-72-63(47-25-13-5-14-26-47,48-27-15-6-16-28-48)49-35-39-51(71-2)40-36-49/h3-40,43,54-56,58,69H,41-42H2,1-2H3,(H,65,66,67)/t54-,55+,56+,58?/m1/s1. The summed E-state index contributed by atoms with van der Waals surface area (Å²) >= 11 is 0. The molecular formula is C63H55N5O6. The van der Waals surface area contributed by atoms with E-state index < -0.39 is 35.3 Å². The van der Waals surface area contributed by atoms with E-state index in [0.717, 1.165) is 44.9 Å². The Kier molecular flexibility index (Phi) is 13.6. The molecule has 2 aromatic heterocycles. The van der Waals surface area contributed by atoms with Gasteiger partial charge in [0.15, 0.2) is 11.2 Å². The van der Waals surface area contributed by atoms with Crippen LogP contribution in [0.3, 0.4) is 0 Å². The predicted molar refractivity (Wildman–Crippen MR) is 287 cm³/mol. The molecule has 10 aromatic rings. The summed E-state index contributed by atoms with van der Waals surface area (Å²) in [5.74, 6) is 2.69. The highest BCUT2D eigenvalue weighted by atomic mass is 16.5. The van der Waals surface area contributed by atoms with Crippen molar-refractivity contribution in [2.24, 2.45) is 5.92 Å². The predicted octanol–water partition coefficient (Wildman–Crippen LogP) is 12.4. The molecule has 0 aliphatic heterocycles. The van der Waals surface area contributed by atoms with Gasteiger partial charge in [-0.25, -0.2) is 4.98 Å². The molecule has 1 fully saturated rings. The fourth-order valence-corrected chi connectivity index (χ4v) is 10.5. The molecule has 11 heteroatoms. The van der Waals surface area contributed by atoms with Gasteiger partial charge in [-0.3, -0.25) is 0 Å². The van der Waals surface area contributed by atoms with Crippen LogP contribution < -0.4 is 24.3 Å². The number of aliphatic hydroxyl groups excluding tert-OH is 1. The molecule has 0 radical (unpaired) electrons. The number of hydrogen-bond donors (Lipinski definition) is 2. The minimum atomic E-state index is -1.09. The SMILES string of the molecule is COc1ccc(C(Nc2nc(Oc3ccccc3)c3ncn([C@H]4C[C@H](Oc5ccccc5)[C@@H](COC(c5ccccc5)(c5ccccc5)c5ccc(OC)cc5)C4O)c3n2)(c2ccccc2)c2ccccc2)cc1. The van der Waals surface area contributed by atoms with Crippen molar-refractivity contribution in [3.8, 4) is 28.9 Å². The quantitative estimate of drug-likeness (QED) is 0.0804. The largest absolute Gasteiger partial charge is 0.497 e. The summed E-state index contributed by atoms with van der Waals surface area (Å²) in [4.78, 5) is 15.4. The van der Waals surface area contributed by atoms with Crippen LogP contribution in [0.2, 0.25) is 0 Å². The summed E-state index contributed by atoms with van der Waals surface area (Å²) in [5, 5.41) is 16.9. The summed E-state index contributed by atoms with van der Waals surface area (Å²) < 4.78 is 34.2. The van der Waals surface area contributed by atoms with E-state index in [1.807, 2.05) is 174 Å². The molecule has 74 heavy (non-hydrogen) atoms. The number of benzene rings is 8. The zero-order valence-corrected chi connectivity index (χ0v) is 41.0. The normalized spacial score (nSPS) is 16.6. The van der Waals surface area contributed by atoms with Gasteiger partial charge in [0.05, 0.1) is 39.3 Å². The lowest BCUT2D eigenvalue weighted by Crippen LogP contribution is -2.39. The molecule has 0 bridgehead atoms. The number of aromatic nitrogens is 4. The second kappa shape index (κ2) is 21.1. The first-order valence-corrected chi connectivity index (χ1v) is 24.8. The van der Waals surface area contributed by atoms with Crippen LogP contribution in [0, 0.1) is 5.92 Å². The van der Waals surface area contributed by atoms with Gasteiger partial charge in [-0.1, -0.05) is 182 Å². The van der Waals surface area contributed by atoms with E-state index in [0.29, 0.717) is 29.1 Å². The van der Waals surface area contributed by atoms with Gasteiger partial charge in [0.2, 0.25) is 5.95 Å². The number of nitrogens with zero attached hydrogens (tertiary/aromatic N) is 4. The molecule has 1 aliphatic rings. The third-order valence-corrected chi connectivity index (χ3v) is 14.1. The van der Waals surface area contributed by atoms with Crippen LogP contribution in [0.15, 0.2) is 237 Å². The van der Waals surface area contributed by atoms with Crippen LogP contribution in [-0.2, 0) is 15.9 Å². The zero-order chi connectivity index (χ0) is 50.3. The summed E-state index contributed by atoms with van der Waals surface area (Å²) in [6.07, 6.45) is 0.609. The topological polar surface area (TPSA) is 122 Å². The number of rotatable bonds is 18. The maximum absolute atomic E-state index is 13.0. The van der Waals surface area contributed by atoms with Crippen molar-refractivity contribution < 1.29 is 28.8 Å². The summed E-state index contributed by atoms with van der Waals surface area (Å²) in [7, 11) is 3.32. The Labute approximate surface area is 430 Å². The molecule has 0 spiro atoms. The Hall–Kier alpha value is -8.77. The Morgan fingerprint density at radius 2 is 0.973 bits per heavy atom. The molecule has 4 atom stereocenters. The molecule has 11 nitrogen and oxygen atoms in total. The first-order valence-electron chi connectivity index (χ1n) is 24.8. The lowest BCUT2D eigenvalue weighted by molar-refractivity contribution is -0.0533. The highest BCUT2D eigenvalue weighted by Crippen LogP contribution is 2.46. The van der Waals surface area contributed by atoms with Crippen molar-refractivity contribution in [2.45, 2.75) is 35.8 Å². The number of nitrogens with one attached hydrogen (secondary N) is 1. The Morgan fingerprint density at radius 1 is 0.527 bits per heavy atom.